The molecule has 2 fully saturated rings. The van der Waals surface area contributed by atoms with Crippen molar-refractivity contribution < 1.29 is 4.39 Å². The topological polar surface area (TPSA) is 15.3 Å². The van der Waals surface area contributed by atoms with Crippen molar-refractivity contribution in [2.75, 3.05) is 13.1 Å². The quantitative estimate of drug-likeness (QED) is 0.903. The van der Waals surface area contributed by atoms with Crippen LogP contribution in [0.1, 0.15) is 24.8 Å². The fourth-order valence-electron chi connectivity index (χ4n) is 3.06. The van der Waals surface area contributed by atoms with Crippen LogP contribution in [-0.2, 0) is 6.54 Å². The van der Waals surface area contributed by atoms with Gasteiger partial charge in [-0.2, -0.15) is 0 Å². The molecule has 0 saturated carbocycles. The number of hydrogen-bond acceptors (Lipinski definition) is 2. The molecule has 2 heterocycles. The van der Waals surface area contributed by atoms with Gasteiger partial charge in [0.05, 0.1) is 0 Å². The first kappa shape index (κ1) is 12.6. The Morgan fingerprint density at radius 1 is 1.28 bits per heavy atom. The lowest BCUT2D eigenvalue weighted by atomic mass is 10.1. The van der Waals surface area contributed by atoms with E-state index in [1.807, 2.05) is 0 Å². The second-order valence-corrected chi connectivity index (χ2v) is 6.25. The van der Waals surface area contributed by atoms with Crippen LogP contribution in [0.25, 0.3) is 0 Å². The maximum Gasteiger partial charge on any atom is 0.123 e. The summed E-state index contributed by atoms with van der Waals surface area (Å²) in [6.07, 6.45) is 3.82. The molecule has 0 aromatic heterocycles. The minimum Gasteiger partial charge on any atom is -0.310 e. The van der Waals surface area contributed by atoms with Gasteiger partial charge in [-0.3, -0.25) is 4.90 Å². The Kier molecular flexibility index (Phi) is 3.68. The predicted molar refractivity (Wildman–Crippen MR) is 73.9 cm³/mol. The first-order valence-corrected chi connectivity index (χ1v) is 7.42. The number of nitrogens with one attached hydrogen (secondary N) is 1. The summed E-state index contributed by atoms with van der Waals surface area (Å²) in [5.74, 6) is -0.150. The SMILES string of the molecule is Fc1ccc(Br)c(CN2CCC3CCC(C2)N3)c1. The normalized spacial score (nSPS) is 28.3. The molecule has 3 rings (SSSR count). The second-order valence-electron chi connectivity index (χ2n) is 5.40. The van der Waals surface area contributed by atoms with E-state index in [1.165, 1.54) is 25.3 Å². The van der Waals surface area contributed by atoms with Crippen LogP contribution >= 0.6 is 15.9 Å². The third kappa shape index (κ3) is 2.76. The Hall–Kier alpha value is -0.450. The zero-order valence-corrected chi connectivity index (χ0v) is 11.9. The largest absolute Gasteiger partial charge is 0.310 e. The first-order chi connectivity index (χ1) is 8.70. The van der Waals surface area contributed by atoms with E-state index >= 15 is 0 Å². The molecule has 0 radical (unpaired) electrons. The van der Waals surface area contributed by atoms with Crippen molar-refractivity contribution in [3.05, 3.63) is 34.1 Å². The van der Waals surface area contributed by atoms with E-state index < -0.39 is 0 Å². The van der Waals surface area contributed by atoms with Gasteiger partial charge in [0.25, 0.3) is 0 Å². The molecule has 2 aliphatic heterocycles. The van der Waals surface area contributed by atoms with E-state index in [4.69, 9.17) is 0 Å². The second kappa shape index (κ2) is 5.27. The number of halogens is 2. The van der Waals surface area contributed by atoms with E-state index in [-0.39, 0.29) is 5.82 Å². The maximum absolute atomic E-state index is 13.3. The molecular weight excluding hydrogens is 295 g/mol. The highest BCUT2D eigenvalue weighted by atomic mass is 79.9. The summed E-state index contributed by atoms with van der Waals surface area (Å²) < 4.78 is 14.3. The molecule has 0 amide bonds. The van der Waals surface area contributed by atoms with Crippen molar-refractivity contribution in [3.8, 4) is 0 Å². The summed E-state index contributed by atoms with van der Waals surface area (Å²) in [7, 11) is 0. The highest BCUT2D eigenvalue weighted by molar-refractivity contribution is 9.10. The monoisotopic (exact) mass is 312 g/mol. The van der Waals surface area contributed by atoms with E-state index in [0.29, 0.717) is 12.1 Å². The molecule has 1 N–H and O–H groups in total. The molecule has 2 nitrogen and oxygen atoms in total. The Bertz CT molecular complexity index is 438. The lowest BCUT2D eigenvalue weighted by Crippen LogP contribution is -2.35. The van der Waals surface area contributed by atoms with E-state index in [0.717, 1.165) is 29.7 Å². The van der Waals surface area contributed by atoms with E-state index in [1.54, 1.807) is 12.1 Å². The van der Waals surface area contributed by atoms with Crippen molar-refractivity contribution in [1.82, 2.24) is 10.2 Å². The van der Waals surface area contributed by atoms with Gasteiger partial charge in [0.1, 0.15) is 5.82 Å². The Morgan fingerprint density at radius 3 is 3.00 bits per heavy atom. The van der Waals surface area contributed by atoms with Crippen molar-refractivity contribution in [2.24, 2.45) is 0 Å². The molecule has 2 unspecified atom stereocenters. The van der Waals surface area contributed by atoms with Gasteiger partial charge < -0.3 is 5.32 Å². The van der Waals surface area contributed by atoms with Gasteiger partial charge in [-0.15, -0.1) is 0 Å². The van der Waals surface area contributed by atoms with Crippen molar-refractivity contribution in [1.29, 1.82) is 0 Å². The zero-order chi connectivity index (χ0) is 12.5. The minimum atomic E-state index is -0.150. The van der Waals surface area contributed by atoms with Gasteiger partial charge in [-0.25, -0.2) is 4.39 Å². The molecule has 1 aromatic carbocycles. The summed E-state index contributed by atoms with van der Waals surface area (Å²) in [4.78, 5) is 2.44. The van der Waals surface area contributed by atoms with Gasteiger partial charge in [0.15, 0.2) is 0 Å². The van der Waals surface area contributed by atoms with Crippen LogP contribution < -0.4 is 5.32 Å². The van der Waals surface area contributed by atoms with Crippen LogP contribution in [0.4, 0.5) is 4.39 Å². The fourth-order valence-corrected chi connectivity index (χ4v) is 3.44. The molecule has 1 aromatic rings. The van der Waals surface area contributed by atoms with Crippen LogP contribution in [0, 0.1) is 5.82 Å². The molecule has 4 heteroatoms. The summed E-state index contributed by atoms with van der Waals surface area (Å²) in [6, 6.07) is 6.27. The zero-order valence-electron chi connectivity index (χ0n) is 10.3. The smallest absolute Gasteiger partial charge is 0.123 e. The van der Waals surface area contributed by atoms with Gasteiger partial charge in [-0.05, 0) is 43.0 Å². The van der Waals surface area contributed by atoms with E-state index in [9.17, 15) is 4.39 Å². The predicted octanol–water partition coefficient (Wildman–Crippen LogP) is 2.91. The highest BCUT2D eigenvalue weighted by Crippen LogP contribution is 2.24. The molecule has 18 heavy (non-hydrogen) atoms. The number of likely N-dealkylation sites (tertiary alicyclic amines) is 1. The molecular formula is C14H18BrFN2. The third-order valence-corrected chi connectivity index (χ3v) is 4.78. The Labute approximate surface area is 116 Å². The summed E-state index contributed by atoms with van der Waals surface area (Å²) in [5.41, 5.74) is 1.05. The standard InChI is InChI=1S/C14H18BrFN2/c15-14-4-1-11(16)7-10(14)8-18-6-5-12-2-3-13(9-18)17-12/h1,4,7,12-13,17H,2-3,5-6,8-9H2. The van der Waals surface area contributed by atoms with Crippen molar-refractivity contribution in [2.45, 2.75) is 37.9 Å². The number of hydrogen-bond donors (Lipinski definition) is 1. The third-order valence-electron chi connectivity index (χ3n) is 4.01. The fraction of sp³-hybridized carbons (Fsp3) is 0.571. The van der Waals surface area contributed by atoms with Crippen LogP contribution in [0.3, 0.4) is 0 Å². The van der Waals surface area contributed by atoms with Gasteiger partial charge in [0.2, 0.25) is 0 Å². The Morgan fingerprint density at radius 2 is 2.11 bits per heavy atom. The number of rotatable bonds is 2. The minimum absolute atomic E-state index is 0.150. The molecule has 0 aliphatic carbocycles. The molecule has 2 aliphatic rings. The molecule has 2 atom stereocenters. The maximum atomic E-state index is 13.3. The van der Waals surface area contributed by atoms with E-state index in [2.05, 4.69) is 26.1 Å². The lowest BCUT2D eigenvalue weighted by Gasteiger charge is -2.24. The average molecular weight is 313 g/mol. The van der Waals surface area contributed by atoms with Gasteiger partial charge >= 0.3 is 0 Å². The van der Waals surface area contributed by atoms with Crippen LogP contribution in [0.2, 0.25) is 0 Å². The van der Waals surface area contributed by atoms with Crippen molar-refractivity contribution >= 4 is 15.9 Å². The number of benzene rings is 1. The Balaban J connectivity index is 1.70. The van der Waals surface area contributed by atoms with Gasteiger partial charge in [-0.1, -0.05) is 15.9 Å². The molecule has 98 valence electrons. The summed E-state index contributed by atoms with van der Waals surface area (Å²) in [6.45, 7) is 3.03. The first-order valence-electron chi connectivity index (χ1n) is 6.63. The number of nitrogens with zero attached hydrogens (tertiary/aromatic N) is 1. The van der Waals surface area contributed by atoms with Crippen molar-refractivity contribution in [3.63, 3.8) is 0 Å². The average Bonchev–Trinajstić information content (AvgIpc) is 2.67. The van der Waals surface area contributed by atoms with Crippen LogP contribution in [-0.4, -0.2) is 30.1 Å². The molecule has 2 saturated heterocycles. The highest BCUT2D eigenvalue weighted by Gasteiger charge is 2.29. The number of fused-ring (bicyclic) bond motifs is 2. The van der Waals surface area contributed by atoms with Crippen LogP contribution in [0.15, 0.2) is 22.7 Å². The van der Waals surface area contributed by atoms with Crippen LogP contribution in [0.5, 0.6) is 0 Å². The van der Waals surface area contributed by atoms with Gasteiger partial charge in [0, 0.05) is 36.2 Å². The summed E-state index contributed by atoms with van der Waals surface area (Å²) >= 11 is 3.51. The molecule has 0 spiro atoms. The summed E-state index contributed by atoms with van der Waals surface area (Å²) in [5, 5.41) is 3.67. The molecule has 2 bridgehead atoms. The lowest BCUT2D eigenvalue weighted by molar-refractivity contribution is 0.250.